The highest BCUT2D eigenvalue weighted by Gasteiger charge is 2.26. The van der Waals surface area contributed by atoms with Crippen molar-refractivity contribution < 1.29 is 4.79 Å². The van der Waals surface area contributed by atoms with E-state index in [1.165, 1.54) is 64.2 Å². The van der Waals surface area contributed by atoms with E-state index in [-0.39, 0.29) is 11.4 Å². The quantitative estimate of drug-likeness (QED) is 0.433. The van der Waals surface area contributed by atoms with Crippen molar-refractivity contribution in [1.82, 2.24) is 15.5 Å². The van der Waals surface area contributed by atoms with Gasteiger partial charge in [-0.15, -0.1) is 0 Å². The number of rotatable bonds is 14. The third-order valence-corrected chi connectivity index (χ3v) is 4.81. The van der Waals surface area contributed by atoms with Crippen molar-refractivity contribution in [2.24, 2.45) is 0 Å². The van der Waals surface area contributed by atoms with Gasteiger partial charge in [-0.1, -0.05) is 78.1 Å². The number of hydrogen-bond donors (Lipinski definition) is 2. The Bertz CT molecular complexity index is 414. The molecule has 0 fully saturated rings. The third kappa shape index (κ3) is 8.51. The Morgan fingerprint density at radius 3 is 2.00 bits per heavy atom. The number of nitrogens with one attached hydrogen (secondary N) is 2. The largest absolute Gasteiger partial charge is 0.345 e. The fourth-order valence-electron chi connectivity index (χ4n) is 3.21. The lowest BCUT2D eigenvalue weighted by Crippen LogP contribution is -2.46. The molecule has 0 spiro atoms. The molecule has 0 aliphatic carbocycles. The second-order valence-corrected chi connectivity index (χ2v) is 7.30. The van der Waals surface area contributed by atoms with Gasteiger partial charge in [0.25, 0.3) is 5.91 Å². The highest BCUT2D eigenvalue weighted by atomic mass is 16.2. The minimum atomic E-state index is -0.117. The number of hydrogen-bond acceptors (Lipinski definition) is 2. The summed E-state index contributed by atoms with van der Waals surface area (Å²) in [6.07, 6.45) is 16.5. The Labute approximate surface area is 148 Å². The van der Waals surface area contributed by atoms with E-state index in [9.17, 15) is 4.79 Å². The summed E-state index contributed by atoms with van der Waals surface area (Å²) in [7, 11) is 0. The van der Waals surface area contributed by atoms with Crippen molar-refractivity contribution in [3.63, 3.8) is 0 Å². The summed E-state index contributed by atoms with van der Waals surface area (Å²) in [5.41, 5.74) is 0.368. The Hall–Kier alpha value is -1.32. The number of carbonyl (C=O) groups excluding carboxylic acids is 1. The minimum Gasteiger partial charge on any atom is -0.345 e. The van der Waals surface area contributed by atoms with Gasteiger partial charge < -0.3 is 5.32 Å². The fraction of sp³-hybridized carbons (Fsp3) is 0.800. The van der Waals surface area contributed by atoms with Crippen LogP contribution in [-0.4, -0.2) is 21.6 Å². The van der Waals surface area contributed by atoms with E-state index in [1.54, 1.807) is 12.3 Å². The molecule has 0 aliphatic heterocycles. The first-order valence-electron chi connectivity index (χ1n) is 9.93. The van der Waals surface area contributed by atoms with Crippen LogP contribution in [0.25, 0.3) is 0 Å². The van der Waals surface area contributed by atoms with E-state index < -0.39 is 0 Å². The van der Waals surface area contributed by atoms with Gasteiger partial charge in [-0.3, -0.25) is 9.89 Å². The predicted octanol–water partition coefficient (Wildman–Crippen LogP) is 5.62. The van der Waals surface area contributed by atoms with Gasteiger partial charge >= 0.3 is 0 Å². The van der Waals surface area contributed by atoms with Gasteiger partial charge in [-0.25, -0.2) is 0 Å². The Balaban J connectivity index is 2.48. The smallest absolute Gasteiger partial charge is 0.272 e. The summed E-state index contributed by atoms with van der Waals surface area (Å²) in [6.45, 7) is 6.69. The first-order valence-corrected chi connectivity index (χ1v) is 9.93. The topological polar surface area (TPSA) is 57.8 Å². The number of H-pyrrole nitrogens is 1. The van der Waals surface area contributed by atoms with Gasteiger partial charge in [-0.2, -0.15) is 5.10 Å². The monoisotopic (exact) mass is 335 g/mol. The summed E-state index contributed by atoms with van der Waals surface area (Å²) >= 11 is 0. The summed E-state index contributed by atoms with van der Waals surface area (Å²) in [6, 6.07) is 1.73. The van der Waals surface area contributed by atoms with Crippen molar-refractivity contribution in [2.75, 3.05) is 0 Å². The number of carbonyl (C=O) groups is 1. The van der Waals surface area contributed by atoms with Crippen LogP contribution >= 0.6 is 0 Å². The van der Waals surface area contributed by atoms with Crippen molar-refractivity contribution in [1.29, 1.82) is 0 Å². The van der Waals surface area contributed by atoms with Gasteiger partial charge in [0.1, 0.15) is 5.69 Å². The molecule has 0 saturated heterocycles. The summed E-state index contributed by atoms with van der Waals surface area (Å²) in [5, 5.41) is 9.98. The van der Waals surface area contributed by atoms with Gasteiger partial charge in [0.05, 0.1) is 0 Å². The zero-order chi connectivity index (χ0) is 17.7. The lowest BCUT2D eigenvalue weighted by atomic mass is 9.87. The summed E-state index contributed by atoms with van der Waals surface area (Å²) in [5.74, 6) is -0.0548. The molecule has 0 aliphatic rings. The number of nitrogens with zero attached hydrogens (tertiary/aromatic N) is 1. The number of aromatic nitrogens is 2. The maximum atomic E-state index is 12.4. The fourth-order valence-corrected chi connectivity index (χ4v) is 3.21. The standard InChI is InChI=1S/C20H37N3O/c1-4-6-8-10-12-15-20(3,16-13-11-9-7-5-2)22-19(24)18-14-17-21-23-18/h14,17H,4-13,15-16H2,1-3H3,(H,21,23)(H,22,24). The van der Waals surface area contributed by atoms with Crippen LogP contribution in [-0.2, 0) is 0 Å². The van der Waals surface area contributed by atoms with Crippen LogP contribution in [0.4, 0.5) is 0 Å². The zero-order valence-corrected chi connectivity index (χ0v) is 16.0. The Kier molecular flexibility index (Phi) is 10.4. The molecule has 1 rings (SSSR count). The van der Waals surface area contributed by atoms with Crippen LogP contribution in [0.5, 0.6) is 0 Å². The average molecular weight is 336 g/mol. The molecule has 24 heavy (non-hydrogen) atoms. The van der Waals surface area contributed by atoms with Gasteiger partial charge in [0.15, 0.2) is 0 Å². The molecule has 1 aromatic rings. The van der Waals surface area contributed by atoms with Crippen LogP contribution in [0.3, 0.4) is 0 Å². The lowest BCUT2D eigenvalue weighted by molar-refractivity contribution is 0.0887. The van der Waals surface area contributed by atoms with Crippen LogP contribution in [0.1, 0.15) is 108 Å². The number of aromatic amines is 1. The molecule has 1 amide bonds. The predicted molar refractivity (Wildman–Crippen MR) is 101 cm³/mol. The highest BCUT2D eigenvalue weighted by molar-refractivity contribution is 5.92. The molecule has 0 unspecified atom stereocenters. The van der Waals surface area contributed by atoms with Crippen molar-refractivity contribution in [3.8, 4) is 0 Å². The molecule has 1 aromatic heterocycles. The second-order valence-electron chi connectivity index (χ2n) is 7.30. The molecule has 2 N–H and O–H groups in total. The van der Waals surface area contributed by atoms with Crippen molar-refractivity contribution >= 4 is 5.91 Å². The van der Waals surface area contributed by atoms with E-state index in [2.05, 4.69) is 36.3 Å². The van der Waals surface area contributed by atoms with Gasteiger partial charge in [0.2, 0.25) is 0 Å². The molecule has 0 bridgehead atoms. The summed E-state index contributed by atoms with van der Waals surface area (Å²) < 4.78 is 0. The second kappa shape index (κ2) is 12.1. The normalized spacial score (nSPS) is 11.6. The van der Waals surface area contributed by atoms with Crippen LogP contribution < -0.4 is 5.32 Å². The van der Waals surface area contributed by atoms with Gasteiger partial charge in [0, 0.05) is 11.7 Å². The maximum Gasteiger partial charge on any atom is 0.272 e. The molecule has 0 aromatic carbocycles. The first kappa shape index (κ1) is 20.7. The molecule has 4 nitrogen and oxygen atoms in total. The van der Waals surface area contributed by atoms with Crippen LogP contribution in [0.15, 0.2) is 12.3 Å². The molecule has 0 saturated carbocycles. The molecule has 138 valence electrons. The first-order chi connectivity index (χ1) is 11.6. The number of unbranched alkanes of at least 4 members (excludes halogenated alkanes) is 8. The van der Waals surface area contributed by atoms with Gasteiger partial charge in [-0.05, 0) is 25.8 Å². The molecular weight excluding hydrogens is 298 g/mol. The Morgan fingerprint density at radius 1 is 1.00 bits per heavy atom. The van der Waals surface area contributed by atoms with E-state index in [0.29, 0.717) is 5.69 Å². The van der Waals surface area contributed by atoms with E-state index >= 15 is 0 Å². The third-order valence-electron chi connectivity index (χ3n) is 4.81. The SMILES string of the molecule is CCCCCCCC(C)(CCCCCCC)NC(=O)c1cc[nH]n1. The lowest BCUT2D eigenvalue weighted by Gasteiger charge is -2.31. The molecule has 0 atom stereocenters. The average Bonchev–Trinajstić information content (AvgIpc) is 3.09. The Morgan fingerprint density at radius 2 is 1.54 bits per heavy atom. The van der Waals surface area contributed by atoms with Crippen LogP contribution in [0.2, 0.25) is 0 Å². The van der Waals surface area contributed by atoms with Crippen molar-refractivity contribution in [3.05, 3.63) is 18.0 Å². The summed E-state index contributed by atoms with van der Waals surface area (Å²) in [4.78, 5) is 12.4. The van der Waals surface area contributed by atoms with E-state index in [1.807, 2.05) is 0 Å². The zero-order valence-electron chi connectivity index (χ0n) is 16.0. The van der Waals surface area contributed by atoms with E-state index in [0.717, 1.165) is 12.8 Å². The molecule has 0 radical (unpaired) electrons. The van der Waals surface area contributed by atoms with Crippen LogP contribution in [0, 0.1) is 0 Å². The molecule has 1 heterocycles. The molecular formula is C20H37N3O. The maximum absolute atomic E-state index is 12.4. The number of amides is 1. The van der Waals surface area contributed by atoms with E-state index in [4.69, 9.17) is 0 Å². The minimum absolute atomic E-state index is 0.0548. The molecule has 4 heteroatoms. The highest BCUT2D eigenvalue weighted by Crippen LogP contribution is 2.23. The van der Waals surface area contributed by atoms with Crippen molar-refractivity contribution in [2.45, 2.75) is 103 Å².